The molecule has 1 amide bonds. The lowest BCUT2D eigenvalue weighted by Gasteiger charge is -2.16. The van der Waals surface area contributed by atoms with E-state index in [0.29, 0.717) is 12.2 Å². The summed E-state index contributed by atoms with van der Waals surface area (Å²) in [5, 5.41) is 8.28. The quantitative estimate of drug-likeness (QED) is 0.500. The second kappa shape index (κ2) is 8.68. The summed E-state index contributed by atoms with van der Waals surface area (Å²) in [6.45, 7) is 2.50. The maximum absolute atomic E-state index is 11.5. The summed E-state index contributed by atoms with van der Waals surface area (Å²) in [5.74, 6) is -3.45. The summed E-state index contributed by atoms with van der Waals surface area (Å²) in [6, 6.07) is 0. The van der Waals surface area contributed by atoms with E-state index >= 15 is 0 Å². The van der Waals surface area contributed by atoms with Crippen LogP contribution >= 0.6 is 0 Å². The molecule has 0 aliphatic carbocycles. The van der Waals surface area contributed by atoms with Crippen LogP contribution in [0.15, 0.2) is 12.2 Å². The van der Waals surface area contributed by atoms with Crippen molar-refractivity contribution in [2.45, 2.75) is 20.0 Å². The van der Waals surface area contributed by atoms with Crippen LogP contribution in [0.2, 0.25) is 0 Å². The first-order valence-corrected chi connectivity index (χ1v) is 5.73. The zero-order chi connectivity index (χ0) is 15.7. The van der Waals surface area contributed by atoms with Gasteiger partial charge in [0.2, 0.25) is 0 Å². The Hall–Kier alpha value is -2.38. The van der Waals surface area contributed by atoms with E-state index in [1.54, 1.807) is 13.8 Å². The molecule has 0 aromatic carbocycles. The molecule has 1 N–H and O–H groups in total. The summed E-state index contributed by atoms with van der Waals surface area (Å²) in [4.78, 5) is 45.0. The Kier molecular flexibility index (Phi) is 7.64. The molecule has 0 bridgehead atoms. The molecule has 0 unspecified atom stereocenters. The predicted molar refractivity (Wildman–Crippen MR) is 66.6 cm³/mol. The number of rotatable bonds is 7. The van der Waals surface area contributed by atoms with Crippen molar-refractivity contribution >= 4 is 23.8 Å². The minimum Gasteiger partial charge on any atom is -0.478 e. The van der Waals surface area contributed by atoms with Crippen LogP contribution in [-0.2, 0) is 28.7 Å². The van der Waals surface area contributed by atoms with Gasteiger partial charge in [-0.1, -0.05) is 0 Å². The van der Waals surface area contributed by atoms with E-state index in [-0.39, 0.29) is 12.6 Å². The first kappa shape index (κ1) is 17.6. The molecule has 0 saturated carbocycles. The Bertz CT molecular complexity index is 414. The van der Waals surface area contributed by atoms with E-state index in [1.807, 2.05) is 0 Å². The van der Waals surface area contributed by atoms with Crippen LogP contribution in [0, 0.1) is 0 Å². The fraction of sp³-hybridized carbons (Fsp3) is 0.500. The van der Waals surface area contributed by atoms with Gasteiger partial charge in [0.05, 0.1) is 6.10 Å². The van der Waals surface area contributed by atoms with Crippen LogP contribution in [-0.4, -0.2) is 60.1 Å². The Morgan fingerprint density at radius 1 is 1.20 bits per heavy atom. The highest BCUT2D eigenvalue weighted by Gasteiger charge is 2.16. The Morgan fingerprint density at radius 3 is 2.30 bits per heavy atom. The molecular weight excluding hydrogens is 270 g/mol. The first-order chi connectivity index (χ1) is 9.22. The molecule has 0 fully saturated rings. The maximum atomic E-state index is 11.5. The van der Waals surface area contributed by atoms with Gasteiger partial charge in [-0.25, -0.2) is 9.59 Å². The lowest BCUT2D eigenvalue weighted by Crippen LogP contribution is -2.36. The van der Waals surface area contributed by atoms with Gasteiger partial charge in [-0.2, -0.15) is 0 Å². The summed E-state index contributed by atoms with van der Waals surface area (Å²) in [7, 11) is 1.35. The van der Waals surface area contributed by atoms with E-state index in [0.717, 1.165) is 4.90 Å². The molecule has 0 saturated heterocycles. The minimum absolute atomic E-state index is 0.264. The molecule has 0 heterocycles. The van der Waals surface area contributed by atoms with Crippen molar-refractivity contribution in [3.8, 4) is 0 Å². The molecule has 0 rings (SSSR count). The number of likely N-dealkylation sites (N-methyl/N-ethyl adjacent to an activating group) is 1. The van der Waals surface area contributed by atoms with Gasteiger partial charge < -0.3 is 19.5 Å². The number of aliphatic carboxylic acids is 1. The third-order valence-electron chi connectivity index (χ3n) is 1.86. The number of ether oxygens (including phenoxy) is 2. The molecule has 8 nitrogen and oxygen atoms in total. The number of carbonyl (C=O) groups is 4. The highest BCUT2D eigenvalue weighted by atomic mass is 16.5. The van der Waals surface area contributed by atoms with Crippen LogP contribution in [0.1, 0.15) is 13.8 Å². The van der Waals surface area contributed by atoms with Crippen molar-refractivity contribution in [3.05, 3.63) is 12.2 Å². The fourth-order valence-electron chi connectivity index (χ4n) is 1.01. The Balaban J connectivity index is 4.11. The number of carbonyl (C=O) groups excluding carboxylic acids is 3. The van der Waals surface area contributed by atoms with Crippen LogP contribution in [0.4, 0.5) is 0 Å². The number of nitrogens with zero attached hydrogens (tertiary/aromatic N) is 1. The number of hydrogen-bond acceptors (Lipinski definition) is 6. The van der Waals surface area contributed by atoms with Crippen molar-refractivity contribution < 1.29 is 33.8 Å². The van der Waals surface area contributed by atoms with Crippen LogP contribution in [0.5, 0.6) is 0 Å². The third kappa shape index (κ3) is 8.67. The van der Waals surface area contributed by atoms with Crippen molar-refractivity contribution in [3.63, 3.8) is 0 Å². The highest BCUT2D eigenvalue weighted by Crippen LogP contribution is 1.94. The van der Waals surface area contributed by atoms with Gasteiger partial charge >= 0.3 is 17.9 Å². The zero-order valence-corrected chi connectivity index (χ0v) is 11.5. The highest BCUT2D eigenvalue weighted by molar-refractivity contribution is 5.92. The van der Waals surface area contributed by atoms with Crippen molar-refractivity contribution in [2.24, 2.45) is 0 Å². The SMILES string of the molecule is CC(C)OC(=O)CN(C)C(=O)COC(=O)C=CC(=O)O. The Labute approximate surface area is 115 Å². The minimum atomic E-state index is -1.30. The topological polar surface area (TPSA) is 110 Å². The number of carboxylic acid groups (broad SMARTS) is 1. The van der Waals surface area contributed by atoms with Crippen molar-refractivity contribution in [1.29, 1.82) is 0 Å². The average Bonchev–Trinajstić information content (AvgIpc) is 2.31. The van der Waals surface area contributed by atoms with Crippen LogP contribution in [0.25, 0.3) is 0 Å². The monoisotopic (exact) mass is 287 g/mol. The van der Waals surface area contributed by atoms with Crippen molar-refractivity contribution in [1.82, 2.24) is 4.90 Å². The summed E-state index contributed by atoms with van der Waals surface area (Å²) in [5.41, 5.74) is 0. The second-order valence-electron chi connectivity index (χ2n) is 4.07. The van der Waals surface area contributed by atoms with Gasteiger partial charge in [0.15, 0.2) is 6.61 Å². The summed E-state index contributed by atoms with van der Waals surface area (Å²) >= 11 is 0. The molecule has 8 heteroatoms. The molecule has 0 aromatic rings. The standard InChI is InChI=1S/C12H17NO7/c1-8(2)20-12(18)6-13(3)9(14)7-19-11(17)5-4-10(15)16/h4-5,8H,6-7H2,1-3H3,(H,15,16). The Morgan fingerprint density at radius 2 is 1.80 bits per heavy atom. The van der Waals surface area contributed by atoms with Gasteiger partial charge in [-0.05, 0) is 13.8 Å². The maximum Gasteiger partial charge on any atom is 0.331 e. The number of carboxylic acids is 1. The van der Waals surface area contributed by atoms with Gasteiger partial charge in [-0.3, -0.25) is 9.59 Å². The first-order valence-electron chi connectivity index (χ1n) is 5.73. The van der Waals surface area contributed by atoms with Gasteiger partial charge in [0, 0.05) is 19.2 Å². The average molecular weight is 287 g/mol. The molecule has 20 heavy (non-hydrogen) atoms. The molecule has 0 aliphatic rings. The predicted octanol–water partition coefficient (Wildman–Crippen LogP) is -0.420. The van der Waals surface area contributed by atoms with Crippen LogP contribution < -0.4 is 0 Å². The fourth-order valence-corrected chi connectivity index (χ4v) is 1.01. The van der Waals surface area contributed by atoms with Crippen molar-refractivity contribution in [2.75, 3.05) is 20.2 Å². The lowest BCUT2D eigenvalue weighted by atomic mass is 10.4. The normalized spacial score (nSPS) is 10.4. The summed E-state index contributed by atoms with van der Waals surface area (Å²) in [6.07, 6.45) is 0.990. The number of hydrogen-bond donors (Lipinski definition) is 1. The van der Waals surface area contributed by atoms with Gasteiger partial charge in [-0.15, -0.1) is 0 Å². The van der Waals surface area contributed by atoms with E-state index in [1.165, 1.54) is 7.05 Å². The molecular formula is C12H17NO7. The summed E-state index contributed by atoms with van der Waals surface area (Å²) < 4.78 is 9.35. The van der Waals surface area contributed by atoms with E-state index < -0.39 is 30.4 Å². The molecule has 0 aliphatic heterocycles. The van der Waals surface area contributed by atoms with E-state index in [9.17, 15) is 19.2 Å². The largest absolute Gasteiger partial charge is 0.478 e. The second-order valence-corrected chi connectivity index (χ2v) is 4.07. The van der Waals surface area contributed by atoms with E-state index in [4.69, 9.17) is 9.84 Å². The third-order valence-corrected chi connectivity index (χ3v) is 1.86. The molecule has 0 spiro atoms. The molecule has 112 valence electrons. The van der Waals surface area contributed by atoms with Gasteiger partial charge in [0.25, 0.3) is 5.91 Å². The number of amides is 1. The zero-order valence-electron chi connectivity index (χ0n) is 11.5. The molecule has 0 aromatic heterocycles. The molecule has 0 atom stereocenters. The smallest absolute Gasteiger partial charge is 0.331 e. The van der Waals surface area contributed by atoms with Gasteiger partial charge in [0.1, 0.15) is 6.54 Å². The van der Waals surface area contributed by atoms with E-state index in [2.05, 4.69) is 4.74 Å². The molecule has 0 radical (unpaired) electrons. The number of esters is 2. The van der Waals surface area contributed by atoms with Crippen LogP contribution in [0.3, 0.4) is 0 Å². The lowest BCUT2D eigenvalue weighted by molar-refractivity contribution is -0.154.